The van der Waals surface area contributed by atoms with Gasteiger partial charge in [0, 0.05) is 12.6 Å². The van der Waals surface area contributed by atoms with Crippen LogP contribution < -0.4 is 11.3 Å². The summed E-state index contributed by atoms with van der Waals surface area (Å²) in [6.45, 7) is 4.40. The predicted molar refractivity (Wildman–Crippen MR) is 92.7 cm³/mol. The number of hydrazine groups is 1. The molecule has 6 heteroatoms. The summed E-state index contributed by atoms with van der Waals surface area (Å²) < 4.78 is 3.36. The van der Waals surface area contributed by atoms with Crippen molar-refractivity contribution in [1.29, 1.82) is 0 Å². The fraction of sp³-hybridized carbons (Fsp3) is 0.500. The molecule has 0 amide bonds. The van der Waals surface area contributed by atoms with E-state index in [0.717, 1.165) is 25.0 Å². The number of aromatic nitrogens is 2. The number of nitrogens with zero attached hydrogens (tertiary/aromatic N) is 2. The van der Waals surface area contributed by atoms with Crippen LogP contribution in [0.5, 0.6) is 0 Å². The number of hydrogen-bond acceptors (Lipinski definition) is 4. The van der Waals surface area contributed by atoms with Gasteiger partial charge in [-0.2, -0.15) is 5.10 Å². The van der Waals surface area contributed by atoms with Crippen LogP contribution in [-0.4, -0.2) is 9.78 Å². The quantitative estimate of drug-likeness (QED) is 0.421. The molecule has 2 heterocycles. The van der Waals surface area contributed by atoms with Gasteiger partial charge >= 0.3 is 0 Å². The lowest BCUT2D eigenvalue weighted by Crippen LogP contribution is -2.29. The van der Waals surface area contributed by atoms with Crippen LogP contribution in [0.25, 0.3) is 0 Å². The van der Waals surface area contributed by atoms with Crippen LogP contribution in [-0.2, 0) is 6.42 Å². The normalized spacial score (nSPS) is 13.1. The van der Waals surface area contributed by atoms with E-state index in [0.29, 0.717) is 6.04 Å². The maximum absolute atomic E-state index is 5.70. The molecule has 0 aliphatic carbocycles. The summed E-state index contributed by atoms with van der Waals surface area (Å²) in [6.07, 6.45) is 5.12. The van der Waals surface area contributed by atoms with Crippen molar-refractivity contribution in [2.75, 3.05) is 0 Å². The van der Waals surface area contributed by atoms with Gasteiger partial charge in [0.05, 0.1) is 20.7 Å². The van der Waals surface area contributed by atoms with Crippen molar-refractivity contribution in [3.8, 4) is 0 Å². The molecule has 0 saturated heterocycles. The Morgan fingerprint density at radius 2 is 2.20 bits per heavy atom. The minimum atomic E-state index is 0.125. The molecule has 2 aromatic heterocycles. The number of rotatable bonds is 7. The van der Waals surface area contributed by atoms with Crippen LogP contribution in [0.4, 0.5) is 0 Å². The Kier molecular flexibility index (Phi) is 6.01. The Hall–Kier alpha value is -0.440. The zero-order chi connectivity index (χ0) is 14.5. The summed E-state index contributed by atoms with van der Waals surface area (Å²) in [5, 5.41) is 6.85. The second-order valence-corrected chi connectivity index (χ2v) is 7.67. The Morgan fingerprint density at radius 1 is 1.45 bits per heavy atom. The highest BCUT2D eigenvalue weighted by molar-refractivity contribution is 14.1. The molecule has 0 fully saturated rings. The average Bonchev–Trinajstić information content (AvgIpc) is 3.07. The van der Waals surface area contributed by atoms with Crippen molar-refractivity contribution in [2.45, 2.75) is 45.2 Å². The Morgan fingerprint density at radius 3 is 2.75 bits per heavy atom. The first-order chi connectivity index (χ1) is 9.67. The molecular weight excluding hydrogens is 383 g/mol. The van der Waals surface area contributed by atoms with Crippen LogP contribution in [0.1, 0.15) is 50.0 Å². The monoisotopic (exact) mass is 404 g/mol. The van der Waals surface area contributed by atoms with Gasteiger partial charge in [0.25, 0.3) is 0 Å². The van der Waals surface area contributed by atoms with Gasteiger partial charge < -0.3 is 0 Å². The van der Waals surface area contributed by atoms with Gasteiger partial charge in [-0.1, -0.05) is 13.8 Å². The number of nitrogens with two attached hydrogens (primary N) is 1. The first-order valence-electron chi connectivity index (χ1n) is 6.92. The van der Waals surface area contributed by atoms with E-state index in [4.69, 9.17) is 10.9 Å². The van der Waals surface area contributed by atoms with E-state index in [2.05, 4.69) is 70.3 Å². The Labute approximate surface area is 137 Å². The lowest BCUT2D eigenvalue weighted by atomic mass is 10.1. The SMILES string of the molecule is CCC(CC)n1ccc(CC(NN)c2csc(I)c2)n1. The molecule has 0 saturated carbocycles. The van der Waals surface area contributed by atoms with Gasteiger partial charge in [-0.15, -0.1) is 11.3 Å². The van der Waals surface area contributed by atoms with Crippen molar-refractivity contribution in [3.63, 3.8) is 0 Å². The van der Waals surface area contributed by atoms with Crippen molar-refractivity contribution in [1.82, 2.24) is 15.2 Å². The van der Waals surface area contributed by atoms with Crippen LogP contribution >= 0.6 is 33.9 Å². The van der Waals surface area contributed by atoms with E-state index >= 15 is 0 Å². The number of nitrogens with one attached hydrogen (secondary N) is 1. The molecule has 2 rings (SSSR count). The summed E-state index contributed by atoms with van der Waals surface area (Å²) in [4.78, 5) is 0. The Balaban J connectivity index is 2.08. The van der Waals surface area contributed by atoms with E-state index in [9.17, 15) is 0 Å². The lowest BCUT2D eigenvalue weighted by Gasteiger charge is -2.14. The first-order valence-corrected chi connectivity index (χ1v) is 8.87. The van der Waals surface area contributed by atoms with Gasteiger partial charge in [0.2, 0.25) is 0 Å². The third kappa shape index (κ3) is 3.81. The van der Waals surface area contributed by atoms with E-state index in [1.807, 2.05) is 0 Å². The number of thiophene rings is 1. The summed E-state index contributed by atoms with van der Waals surface area (Å²) >= 11 is 4.08. The highest BCUT2D eigenvalue weighted by Crippen LogP contribution is 2.24. The molecule has 0 aliphatic heterocycles. The maximum Gasteiger partial charge on any atom is 0.0656 e. The Bertz CT molecular complexity index is 533. The van der Waals surface area contributed by atoms with Crippen LogP contribution in [0, 0.1) is 2.88 Å². The van der Waals surface area contributed by atoms with E-state index < -0.39 is 0 Å². The lowest BCUT2D eigenvalue weighted by molar-refractivity contribution is 0.422. The predicted octanol–water partition coefficient (Wildman–Crippen LogP) is 3.66. The van der Waals surface area contributed by atoms with Crippen molar-refractivity contribution in [2.24, 2.45) is 5.84 Å². The zero-order valence-corrected chi connectivity index (χ0v) is 14.8. The summed E-state index contributed by atoms with van der Waals surface area (Å²) in [7, 11) is 0. The van der Waals surface area contributed by atoms with E-state index in [-0.39, 0.29) is 6.04 Å². The van der Waals surface area contributed by atoms with Gasteiger partial charge in [0.15, 0.2) is 0 Å². The second kappa shape index (κ2) is 7.53. The van der Waals surface area contributed by atoms with Crippen molar-refractivity contribution >= 4 is 33.9 Å². The first kappa shape index (κ1) is 15.9. The highest BCUT2D eigenvalue weighted by Gasteiger charge is 2.15. The summed E-state index contributed by atoms with van der Waals surface area (Å²) in [5.41, 5.74) is 5.22. The fourth-order valence-electron chi connectivity index (χ4n) is 2.34. The maximum atomic E-state index is 5.70. The molecule has 1 unspecified atom stereocenters. The standard InChI is InChI=1S/C14H21IN4S/c1-3-12(4-2)19-6-5-11(18-19)8-13(17-16)10-7-14(15)20-9-10/h5-7,9,12-13,17H,3-4,8,16H2,1-2H3. The van der Waals surface area contributed by atoms with Crippen LogP contribution in [0.3, 0.4) is 0 Å². The van der Waals surface area contributed by atoms with Crippen molar-refractivity contribution in [3.05, 3.63) is 37.9 Å². The molecule has 0 radical (unpaired) electrons. The average molecular weight is 404 g/mol. The second-order valence-electron chi connectivity index (χ2n) is 4.86. The highest BCUT2D eigenvalue weighted by atomic mass is 127. The van der Waals surface area contributed by atoms with Gasteiger partial charge in [0.1, 0.15) is 0 Å². The molecule has 4 nitrogen and oxygen atoms in total. The summed E-state index contributed by atoms with van der Waals surface area (Å²) in [5.74, 6) is 5.70. The molecule has 0 aliphatic rings. The molecule has 3 N–H and O–H groups in total. The zero-order valence-electron chi connectivity index (χ0n) is 11.8. The molecule has 20 heavy (non-hydrogen) atoms. The number of halogens is 1. The summed E-state index contributed by atoms with van der Waals surface area (Å²) in [6, 6.07) is 4.89. The molecule has 0 bridgehead atoms. The minimum absolute atomic E-state index is 0.125. The van der Waals surface area contributed by atoms with Gasteiger partial charge in [-0.25, -0.2) is 0 Å². The topological polar surface area (TPSA) is 55.9 Å². The molecule has 0 aromatic carbocycles. The van der Waals surface area contributed by atoms with E-state index in [1.54, 1.807) is 11.3 Å². The largest absolute Gasteiger partial charge is 0.271 e. The smallest absolute Gasteiger partial charge is 0.0656 e. The molecular formula is C14H21IN4S. The molecule has 0 spiro atoms. The van der Waals surface area contributed by atoms with Crippen molar-refractivity contribution < 1.29 is 0 Å². The number of hydrogen-bond donors (Lipinski definition) is 2. The van der Waals surface area contributed by atoms with Gasteiger partial charge in [-0.05, 0) is 58.5 Å². The molecule has 110 valence electrons. The third-order valence-corrected chi connectivity index (χ3v) is 5.39. The fourth-order valence-corrected chi connectivity index (χ4v) is 3.77. The van der Waals surface area contributed by atoms with Crippen LogP contribution in [0.15, 0.2) is 23.7 Å². The van der Waals surface area contributed by atoms with Crippen LogP contribution in [0.2, 0.25) is 0 Å². The minimum Gasteiger partial charge on any atom is -0.271 e. The third-order valence-electron chi connectivity index (χ3n) is 3.58. The molecule has 2 aromatic rings. The molecule has 1 atom stereocenters. The van der Waals surface area contributed by atoms with Gasteiger partial charge in [-0.3, -0.25) is 16.0 Å². The van der Waals surface area contributed by atoms with E-state index in [1.165, 1.54) is 8.45 Å².